The Morgan fingerprint density at radius 1 is 1.48 bits per heavy atom. The largest absolute Gasteiger partial charge is 0.387 e. The first-order valence-corrected chi connectivity index (χ1v) is 8.29. The molecule has 0 spiro atoms. The van der Waals surface area contributed by atoms with Gasteiger partial charge in [0, 0.05) is 54.8 Å². The molecule has 0 unspecified atom stereocenters. The second-order valence-corrected chi connectivity index (χ2v) is 6.17. The third-order valence-electron chi connectivity index (χ3n) is 4.20. The van der Waals surface area contributed by atoms with Crippen LogP contribution in [0.2, 0.25) is 0 Å². The summed E-state index contributed by atoms with van der Waals surface area (Å²) in [5.74, 6) is 0. The van der Waals surface area contributed by atoms with Crippen LogP contribution in [0.5, 0.6) is 0 Å². The average molecular weight is 354 g/mol. The third kappa shape index (κ3) is 3.24. The minimum atomic E-state index is 0.486. The molecule has 0 atom stereocenters. The molecule has 0 bridgehead atoms. The summed E-state index contributed by atoms with van der Waals surface area (Å²) < 4.78 is 6.57. The summed E-state index contributed by atoms with van der Waals surface area (Å²) >= 11 is 3.66. The van der Waals surface area contributed by atoms with Crippen molar-refractivity contribution in [1.29, 1.82) is 5.41 Å². The lowest BCUT2D eigenvalue weighted by Gasteiger charge is -2.37. The molecular formula is C16H24BrN3O. The van der Waals surface area contributed by atoms with E-state index in [4.69, 9.17) is 10.1 Å². The second kappa shape index (κ2) is 7.27. The van der Waals surface area contributed by atoms with Crippen LogP contribution in [0.4, 0.5) is 11.4 Å². The first-order chi connectivity index (χ1) is 10.1. The van der Waals surface area contributed by atoms with Crippen LogP contribution in [0.25, 0.3) is 0 Å². The first kappa shape index (κ1) is 16.3. The van der Waals surface area contributed by atoms with E-state index in [1.807, 2.05) is 7.05 Å². The van der Waals surface area contributed by atoms with E-state index >= 15 is 0 Å². The van der Waals surface area contributed by atoms with Gasteiger partial charge in [0.15, 0.2) is 0 Å². The molecule has 2 N–H and O–H groups in total. The fraction of sp³-hybridized carbons (Fsp3) is 0.562. The van der Waals surface area contributed by atoms with E-state index in [2.05, 4.69) is 46.1 Å². The maximum absolute atomic E-state index is 7.85. The van der Waals surface area contributed by atoms with Crippen molar-refractivity contribution in [3.8, 4) is 0 Å². The van der Waals surface area contributed by atoms with E-state index in [1.54, 1.807) is 0 Å². The van der Waals surface area contributed by atoms with Gasteiger partial charge in [-0.2, -0.15) is 0 Å². The molecule has 0 aromatic heterocycles. The van der Waals surface area contributed by atoms with Gasteiger partial charge in [-0.25, -0.2) is 0 Å². The summed E-state index contributed by atoms with van der Waals surface area (Å²) in [6.07, 6.45) is 3.56. The minimum absolute atomic E-state index is 0.486. The lowest BCUT2D eigenvalue weighted by Crippen LogP contribution is -2.40. The predicted molar refractivity (Wildman–Crippen MR) is 93.2 cm³/mol. The van der Waals surface area contributed by atoms with Gasteiger partial charge in [-0.15, -0.1) is 0 Å². The Hall–Kier alpha value is -1.07. The van der Waals surface area contributed by atoms with E-state index in [0.29, 0.717) is 6.04 Å². The zero-order valence-electron chi connectivity index (χ0n) is 13.0. The Bertz CT molecular complexity index is 513. The van der Waals surface area contributed by atoms with Crippen LogP contribution in [0, 0.1) is 12.3 Å². The Morgan fingerprint density at radius 2 is 2.14 bits per heavy atom. The number of anilines is 2. The molecular weight excluding hydrogens is 330 g/mol. The lowest BCUT2D eigenvalue weighted by molar-refractivity contribution is 0.0846. The number of nitrogens with one attached hydrogen (secondary N) is 2. The van der Waals surface area contributed by atoms with Crippen molar-refractivity contribution in [2.24, 2.45) is 0 Å². The average Bonchev–Trinajstić information content (AvgIpc) is 2.52. The molecule has 1 heterocycles. The Kier molecular flexibility index (Phi) is 5.65. The van der Waals surface area contributed by atoms with Crippen LogP contribution in [0.1, 0.15) is 30.9 Å². The summed E-state index contributed by atoms with van der Waals surface area (Å²) in [7, 11) is 1.90. The topological polar surface area (TPSA) is 48.4 Å². The number of hydrogen-bond acceptors (Lipinski definition) is 4. The molecule has 1 aromatic carbocycles. The zero-order chi connectivity index (χ0) is 15.4. The number of ether oxygens (including phenoxy) is 1. The maximum Gasteiger partial charge on any atom is 0.0519 e. The van der Waals surface area contributed by atoms with E-state index in [9.17, 15) is 0 Å². The Balaban J connectivity index is 2.52. The quantitative estimate of drug-likeness (QED) is 0.791. The van der Waals surface area contributed by atoms with E-state index in [1.165, 1.54) is 11.8 Å². The number of halogens is 1. The van der Waals surface area contributed by atoms with Crippen molar-refractivity contribution in [3.05, 3.63) is 21.7 Å². The highest BCUT2D eigenvalue weighted by Crippen LogP contribution is 2.37. The molecule has 2 rings (SSSR count). The Morgan fingerprint density at radius 3 is 2.67 bits per heavy atom. The molecule has 4 nitrogen and oxygen atoms in total. The van der Waals surface area contributed by atoms with Crippen LogP contribution in [0.3, 0.4) is 0 Å². The molecule has 0 aliphatic carbocycles. The Labute approximate surface area is 135 Å². The molecule has 5 heteroatoms. The predicted octanol–water partition coefficient (Wildman–Crippen LogP) is 3.80. The minimum Gasteiger partial charge on any atom is -0.387 e. The maximum atomic E-state index is 7.85. The summed E-state index contributed by atoms with van der Waals surface area (Å²) in [5.41, 5.74) is 4.31. The number of nitrogens with zero attached hydrogens (tertiary/aromatic N) is 1. The zero-order valence-corrected chi connectivity index (χ0v) is 14.6. The van der Waals surface area contributed by atoms with Crippen molar-refractivity contribution in [2.45, 2.75) is 32.7 Å². The third-order valence-corrected chi connectivity index (χ3v) is 5.03. The lowest BCUT2D eigenvalue weighted by atomic mass is 10.00. The van der Waals surface area contributed by atoms with E-state index in [-0.39, 0.29) is 0 Å². The number of benzene rings is 1. The summed E-state index contributed by atoms with van der Waals surface area (Å²) in [5, 5.41) is 11.1. The van der Waals surface area contributed by atoms with Gasteiger partial charge in [-0.3, -0.25) is 0 Å². The van der Waals surface area contributed by atoms with E-state index < -0.39 is 0 Å². The van der Waals surface area contributed by atoms with Gasteiger partial charge in [0.2, 0.25) is 0 Å². The molecule has 1 aliphatic rings. The van der Waals surface area contributed by atoms with Gasteiger partial charge in [-0.05, 0) is 38.3 Å². The number of rotatable bonds is 5. The fourth-order valence-electron chi connectivity index (χ4n) is 3.07. The van der Waals surface area contributed by atoms with Crippen molar-refractivity contribution < 1.29 is 4.74 Å². The second-order valence-electron chi connectivity index (χ2n) is 5.32. The summed E-state index contributed by atoms with van der Waals surface area (Å²) in [6.45, 7) is 6.89. The van der Waals surface area contributed by atoms with Crippen LogP contribution in [0.15, 0.2) is 10.5 Å². The van der Waals surface area contributed by atoms with Crippen LogP contribution in [-0.2, 0) is 4.74 Å². The van der Waals surface area contributed by atoms with Crippen LogP contribution >= 0.6 is 15.9 Å². The van der Waals surface area contributed by atoms with E-state index in [0.717, 1.165) is 54.0 Å². The van der Waals surface area contributed by atoms with Gasteiger partial charge in [0.1, 0.15) is 0 Å². The molecule has 1 fully saturated rings. The van der Waals surface area contributed by atoms with Crippen molar-refractivity contribution in [1.82, 2.24) is 0 Å². The SMILES string of the molecule is CCN(c1c(C)c(Br)cc(NC)c1C=N)C1CCOCC1. The first-order valence-electron chi connectivity index (χ1n) is 7.49. The van der Waals surface area contributed by atoms with Gasteiger partial charge in [-0.1, -0.05) is 15.9 Å². The normalized spacial score (nSPS) is 15.8. The summed E-state index contributed by atoms with van der Waals surface area (Å²) in [6, 6.07) is 2.54. The monoisotopic (exact) mass is 353 g/mol. The van der Waals surface area contributed by atoms with Crippen molar-refractivity contribution in [2.75, 3.05) is 37.0 Å². The van der Waals surface area contributed by atoms with Gasteiger partial charge < -0.3 is 20.4 Å². The molecule has 1 aliphatic heterocycles. The molecule has 1 saturated heterocycles. The molecule has 21 heavy (non-hydrogen) atoms. The highest BCUT2D eigenvalue weighted by molar-refractivity contribution is 9.10. The molecule has 0 amide bonds. The molecule has 0 radical (unpaired) electrons. The smallest absolute Gasteiger partial charge is 0.0519 e. The molecule has 1 aromatic rings. The van der Waals surface area contributed by atoms with Gasteiger partial charge in [0.25, 0.3) is 0 Å². The van der Waals surface area contributed by atoms with Crippen molar-refractivity contribution in [3.63, 3.8) is 0 Å². The highest BCUT2D eigenvalue weighted by Gasteiger charge is 2.25. The summed E-state index contributed by atoms with van der Waals surface area (Å²) in [4.78, 5) is 2.43. The highest BCUT2D eigenvalue weighted by atomic mass is 79.9. The fourth-order valence-corrected chi connectivity index (χ4v) is 3.49. The van der Waals surface area contributed by atoms with Gasteiger partial charge in [0.05, 0.1) is 5.69 Å². The standard InChI is InChI=1S/C16H24BrN3O/c1-4-20(12-5-7-21-8-6-12)16-11(2)14(17)9-15(19-3)13(16)10-18/h9-10,12,18-19H,4-8H2,1-3H3. The van der Waals surface area contributed by atoms with Crippen LogP contribution in [-0.4, -0.2) is 39.1 Å². The molecule has 0 saturated carbocycles. The number of hydrogen-bond donors (Lipinski definition) is 2. The molecule has 116 valence electrons. The van der Waals surface area contributed by atoms with Crippen LogP contribution < -0.4 is 10.2 Å². The van der Waals surface area contributed by atoms with Gasteiger partial charge >= 0.3 is 0 Å². The van der Waals surface area contributed by atoms with Crippen molar-refractivity contribution >= 4 is 33.5 Å².